The van der Waals surface area contributed by atoms with Gasteiger partial charge < -0.3 is 9.55 Å². The van der Waals surface area contributed by atoms with Crippen molar-refractivity contribution in [3.63, 3.8) is 0 Å². The highest BCUT2D eigenvalue weighted by Crippen LogP contribution is 2.31. The Kier molecular flexibility index (Phi) is 3.44. The van der Waals surface area contributed by atoms with E-state index in [0.717, 1.165) is 23.5 Å². The van der Waals surface area contributed by atoms with Crippen LogP contribution < -0.4 is 0 Å². The maximum atomic E-state index is 13.4. The summed E-state index contributed by atoms with van der Waals surface area (Å²) in [5.74, 6) is 1.18. The molecule has 102 valence electrons. The standard InChI is InChI=1S/C15H19FN2S/c1-10-4-2-3-5-11(10)9-18-14-8-12(16)6-7-13(14)17-15(18)19/h6-8,10-11H,2-5,9H2,1H3,(H,17,19). The van der Waals surface area contributed by atoms with Crippen molar-refractivity contribution in [1.29, 1.82) is 0 Å². The molecular formula is C15H19FN2S. The van der Waals surface area contributed by atoms with Gasteiger partial charge in [0.25, 0.3) is 0 Å². The van der Waals surface area contributed by atoms with Crippen LogP contribution in [0.25, 0.3) is 11.0 Å². The molecule has 2 nitrogen and oxygen atoms in total. The van der Waals surface area contributed by atoms with E-state index in [4.69, 9.17) is 12.2 Å². The number of H-pyrrole nitrogens is 1. The highest BCUT2D eigenvalue weighted by Gasteiger charge is 2.22. The van der Waals surface area contributed by atoms with Gasteiger partial charge in [-0.1, -0.05) is 26.2 Å². The molecule has 1 fully saturated rings. The number of halogens is 1. The minimum absolute atomic E-state index is 0.202. The molecule has 2 atom stereocenters. The number of nitrogens with zero attached hydrogens (tertiary/aromatic N) is 1. The quantitative estimate of drug-likeness (QED) is 0.792. The van der Waals surface area contributed by atoms with Crippen LogP contribution in [-0.2, 0) is 6.54 Å². The summed E-state index contributed by atoms with van der Waals surface area (Å²) < 4.78 is 16.2. The first-order chi connectivity index (χ1) is 9.15. The van der Waals surface area contributed by atoms with Gasteiger partial charge in [0.15, 0.2) is 4.77 Å². The van der Waals surface area contributed by atoms with Gasteiger partial charge in [-0.05, 0) is 48.7 Å². The first-order valence-corrected chi connectivity index (χ1v) is 7.44. The van der Waals surface area contributed by atoms with Gasteiger partial charge in [-0.3, -0.25) is 0 Å². The molecule has 0 amide bonds. The van der Waals surface area contributed by atoms with Gasteiger partial charge in [0.1, 0.15) is 5.82 Å². The molecule has 1 saturated carbocycles. The second-order valence-electron chi connectivity index (χ2n) is 5.72. The third-order valence-electron chi connectivity index (χ3n) is 4.44. The van der Waals surface area contributed by atoms with Crippen LogP contribution in [0.2, 0.25) is 0 Å². The molecule has 1 aromatic heterocycles. The molecule has 1 aromatic carbocycles. The van der Waals surface area contributed by atoms with Crippen molar-refractivity contribution in [2.24, 2.45) is 11.8 Å². The molecule has 0 radical (unpaired) electrons. The average Bonchev–Trinajstić information content (AvgIpc) is 2.69. The van der Waals surface area contributed by atoms with Crippen molar-refractivity contribution in [3.8, 4) is 0 Å². The Morgan fingerprint density at radius 3 is 2.95 bits per heavy atom. The van der Waals surface area contributed by atoms with Crippen LogP contribution in [0.1, 0.15) is 32.6 Å². The predicted molar refractivity (Wildman–Crippen MR) is 78.2 cm³/mol. The summed E-state index contributed by atoms with van der Waals surface area (Å²) in [4.78, 5) is 3.17. The number of hydrogen-bond donors (Lipinski definition) is 1. The Labute approximate surface area is 117 Å². The van der Waals surface area contributed by atoms with Crippen LogP contribution in [0.4, 0.5) is 4.39 Å². The van der Waals surface area contributed by atoms with Gasteiger partial charge in [0.05, 0.1) is 11.0 Å². The van der Waals surface area contributed by atoms with Gasteiger partial charge in [-0.15, -0.1) is 0 Å². The molecule has 2 unspecified atom stereocenters. The Bertz CT molecular complexity index is 643. The monoisotopic (exact) mass is 278 g/mol. The number of aromatic nitrogens is 2. The van der Waals surface area contributed by atoms with Crippen LogP contribution in [0, 0.1) is 22.4 Å². The lowest BCUT2D eigenvalue weighted by atomic mass is 9.80. The van der Waals surface area contributed by atoms with E-state index in [1.165, 1.54) is 31.7 Å². The molecule has 1 aliphatic rings. The maximum absolute atomic E-state index is 13.4. The SMILES string of the molecule is CC1CCCCC1Cn1c(=S)[nH]c2ccc(F)cc21. The number of aromatic amines is 1. The van der Waals surface area contributed by atoms with Gasteiger partial charge in [0.2, 0.25) is 0 Å². The average molecular weight is 278 g/mol. The zero-order valence-electron chi connectivity index (χ0n) is 11.2. The molecule has 0 aliphatic heterocycles. The van der Waals surface area contributed by atoms with Crippen LogP contribution in [-0.4, -0.2) is 9.55 Å². The summed E-state index contributed by atoms with van der Waals surface area (Å²) in [7, 11) is 0. The third kappa shape index (κ3) is 2.46. The van der Waals surface area contributed by atoms with Gasteiger partial charge in [0, 0.05) is 6.54 Å². The van der Waals surface area contributed by atoms with Crippen molar-refractivity contribution in [1.82, 2.24) is 9.55 Å². The Morgan fingerprint density at radius 1 is 1.37 bits per heavy atom. The smallest absolute Gasteiger partial charge is 0.178 e. The molecule has 3 rings (SSSR count). The minimum Gasteiger partial charge on any atom is -0.331 e. The van der Waals surface area contributed by atoms with Crippen molar-refractivity contribution in [3.05, 3.63) is 28.8 Å². The number of benzene rings is 1. The largest absolute Gasteiger partial charge is 0.331 e. The van der Waals surface area contributed by atoms with E-state index in [1.54, 1.807) is 12.1 Å². The molecule has 19 heavy (non-hydrogen) atoms. The first kappa shape index (κ1) is 12.9. The van der Waals surface area contributed by atoms with Crippen LogP contribution in [0.3, 0.4) is 0 Å². The van der Waals surface area contributed by atoms with E-state index >= 15 is 0 Å². The van der Waals surface area contributed by atoms with Crippen LogP contribution >= 0.6 is 12.2 Å². The lowest BCUT2D eigenvalue weighted by Gasteiger charge is -2.29. The lowest BCUT2D eigenvalue weighted by Crippen LogP contribution is -2.22. The van der Waals surface area contributed by atoms with Crippen molar-refractivity contribution < 1.29 is 4.39 Å². The molecule has 1 N–H and O–H groups in total. The molecule has 1 aliphatic carbocycles. The minimum atomic E-state index is -0.202. The molecule has 0 saturated heterocycles. The van der Waals surface area contributed by atoms with E-state index in [-0.39, 0.29) is 5.82 Å². The fraction of sp³-hybridized carbons (Fsp3) is 0.533. The summed E-state index contributed by atoms with van der Waals surface area (Å²) in [5.41, 5.74) is 1.82. The van der Waals surface area contributed by atoms with Crippen molar-refractivity contribution in [2.45, 2.75) is 39.2 Å². The zero-order chi connectivity index (χ0) is 13.4. The fourth-order valence-electron chi connectivity index (χ4n) is 3.21. The van der Waals surface area contributed by atoms with E-state index < -0.39 is 0 Å². The Hall–Kier alpha value is -1.16. The number of nitrogens with one attached hydrogen (secondary N) is 1. The molecule has 1 heterocycles. The van der Waals surface area contributed by atoms with Crippen LogP contribution in [0.15, 0.2) is 18.2 Å². The molecule has 0 bridgehead atoms. The van der Waals surface area contributed by atoms with Crippen LogP contribution in [0.5, 0.6) is 0 Å². The summed E-state index contributed by atoms with van der Waals surface area (Å²) in [6, 6.07) is 4.82. The normalized spacial score (nSPS) is 23.9. The lowest BCUT2D eigenvalue weighted by molar-refractivity contribution is 0.230. The van der Waals surface area contributed by atoms with E-state index in [2.05, 4.69) is 16.5 Å². The number of imidazole rings is 1. The van der Waals surface area contributed by atoms with Gasteiger partial charge in [-0.25, -0.2) is 4.39 Å². The molecule has 0 spiro atoms. The van der Waals surface area contributed by atoms with Crippen molar-refractivity contribution in [2.75, 3.05) is 0 Å². The topological polar surface area (TPSA) is 20.7 Å². The molecular weight excluding hydrogens is 259 g/mol. The predicted octanol–water partition coefficient (Wildman–Crippen LogP) is 4.66. The molecule has 2 aromatic rings. The van der Waals surface area contributed by atoms with Gasteiger partial charge >= 0.3 is 0 Å². The number of hydrogen-bond acceptors (Lipinski definition) is 1. The number of rotatable bonds is 2. The van der Waals surface area contributed by atoms with E-state index in [0.29, 0.717) is 10.7 Å². The second-order valence-corrected chi connectivity index (χ2v) is 6.11. The van der Waals surface area contributed by atoms with Gasteiger partial charge in [-0.2, -0.15) is 0 Å². The van der Waals surface area contributed by atoms with E-state index in [9.17, 15) is 4.39 Å². The first-order valence-electron chi connectivity index (χ1n) is 7.03. The second kappa shape index (κ2) is 5.08. The molecule has 4 heteroatoms. The summed E-state index contributed by atoms with van der Waals surface area (Å²) in [6.07, 6.45) is 5.20. The Morgan fingerprint density at radius 2 is 2.16 bits per heavy atom. The zero-order valence-corrected chi connectivity index (χ0v) is 12.0. The van der Waals surface area contributed by atoms with Crippen molar-refractivity contribution >= 4 is 23.3 Å². The highest BCUT2D eigenvalue weighted by molar-refractivity contribution is 7.71. The van der Waals surface area contributed by atoms with E-state index in [1.807, 2.05) is 0 Å². The fourth-order valence-corrected chi connectivity index (χ4v) is 3.49. The maximum Gasteiger partial charge on any atom is 0.178 e. The summed E-state index contributed by atoms with van der Waals surface area (Å²) in [6.45, 7) is 3.23. The highest BCUT2D eigenvalue weighted by atomic mass is 32.1. The number of fused-ring (bicyclic) bond motifs is 1. The summed E-state index contributed by atoms with van der Waals surface area (Å²) >= 11 is 5.39. The summed E-state index contributed by atoms with van der Waals surface area (Å²) in [5, 5.41) is 0. The third-order valence-corrected chi connectivity index (χ3v) is 4.77. The Balaban J connectivity index is 1.97.